The van der Waals surface area contributed by atoms with Gasteiger partial charge in [-0.2, -0.15) is 13.2 Å². The van der Waals surface area contributed by atoms with Crippen molar-refractivity contribution in [2.24, 2.45) is 0 Å². The Labute approximate surface area is 84.8 Å². The number of hydrogen-bond acceptors (Lipinski definition) is 3. The number of rotatable bonds is 3. The molecule has 0 radical (unpaired) electrons. The molecule has 2 atom stereocenters. The van der Waals surface area contributed by atoms with Crippen LogP contribution in [0.15, 0.2) is 0 Å². The highest BCUT2D eigenvalue weighted by molar-refractivity contribution is 5.82. The lowest BCUT2D eigenvalue weighted by atomic mass is 10.2. The molecule has 15 heavy (non-hydrogen) atoms. The van der Waals surface area contributed by atoms with E-state index in [1.165, 1.54) is 0 Å². The molecule has 0 aromatic heterocycles. The molecule has 7 heteroatoms. The molecule has 0 aromatic rings. The van der Waals surface area contributed by atoms with Crippen molar-refractivity contribution in [3.8, 4) is 0 Å². The lowest BCUT2D eigenvalue weighted by Crippen LogP contribution is -2.46. The third-order valence-corrected chi connectivity index (χ3v) is 2.22. The predicted octanol–water partition coefficient (Wildman–Crippen LogP) is -0.222. The van der Waals surface area contributed by atoms with Crippen LogP contribution in [0.25, 0.3) is 0 Å². The number of nitrogens with one attached hydrogen (secondary N) is 2. The number of carbonyl (C=O) groups is 1. The number of aliphatic hydroxyl groups excluding tert-OH is 1. The van der Waals surface area contributed by atoms with Crippen LogP contribution in [-0.4, -0.2) is 42.4 Å². The van der Waals surface area contributed by atoms with Gasteiger partial charge in [0.25, 0.3) is 0 Å². The van der Waals surface area contributed by atoms with Gasteiger partial charge < -0.3 is 15.7 Å². The predicted molar refractivity (Wildman–Crippen MR) is 46.1 cm³/mol. The maximum atomic E-state index is 11.9. The second-order valence-corrected chi connectivity index (χ2v) is 3.45. The SMILES string of the molecule is O=C(NCC(O)C(F)(F)F)C1CCCN1. The van der Waals surface area contributed by atoms with Gasteiger partial charge in [0.15, 0.2) is 6.10 Å². The number of halogens is 3. The molecule has 0 aromatic carbocycles. The van der Waals surface area contributed by atoms with Gasteiger partial charge in [-0.05, 0) is 19.4 Å². The summed E-state index contributed by atoms with van der Waals surface area (Å²) in [6.45, 7) is -0.0968. The second-order valence-electron chi connectivity index (χ2n) is 3.45. The average Bonchev–Trinajstić information content (AvgIpc) is 2.64. The molecule has 3 N–H and O–H groups in total. The van der Waals surface area contributed by atoms with Gasteiger partial charge in [0, 0.05) is 0 Å². The van der Waals surface area contributed by atoms with Crippen LogP contribution < -0.4 is 10.6 Å². The van der Waals surface area contributed by atoms with Gasteiger partial charge in [-0.3, -0.25) is 4.79 Å². The third kappa shape index (κ3) is 3.67. The number of amides is 1. The van der Waals surface area contributed by atoms with E-state index in [2.05, 4.69) is 10.6 Å². The van der Waals surface area contributed by atoms with E-state index in [9.17, 15) is 18.0 Å². The minimum Gasteiger partial charge on any atom is -0.382 e. The van der Waals surface area contributed by atoms with Gasteiger partial charge in [-0.25, -0.2) is 0 Å². The van der Waals surface area contributed by atoms with E-state index in [4.69, 9.17) is 5.11 Å². The van der Waals surface area contributed by atoms with Crippen molar-refractivity contribution in [3.63, 3.8) is 0 Å². The maximum absolute atomic E-state index is 11.9. The van der Waals surface area contributed by atoms with Gasteiger partial charge in [0.2, 0.25) is 5.91 Å². The summed E-state index contributed by atoms with van der Waals surface area (Å²) in [7, 11) is 0. The Morgan fingerprint density at radius 3 is 2.73 bits per heavy atom. The molecule has 1 saturated heterocycles. The fraction of sp³-hybridized carbons (Fsp3) is 0.875. The summed E-state index contributed by atoms with van der Waals surface area (Å²) >= 11 is 0. The lowest BCUT2D eigenvalue weighted by Gasteiger charge is -2.16. The Kier molecular flexibility index (Phi) is 3.92. The first-order valence-electron chi connectivity index (χ1n) is 4.67. The van der Waals surface area contributed by atoms with Crippen LogP contribution in [0.3, 0.4) is 0 Å². The first kappa shape index (κ1) is 12.3. The summed E-state index contributed by atoms with van der Waals surface area (Å²) < 4.78 is 35.6. The van der Waals surface area contributed by atoms with E-state index in [0.29, 0.717) is 13.0 Å². The highest BCUT2D eigenvalue weighted by atomic mass is 19.4. The fourth-order valence-electron chi connectivity index (χ4n) is 1.34. The second kappa shape index (κ2) is 4.80. The zero-order valence-electron chi connectivity index (χ0n) is 7.97. The van der Waals surface area contributed by atoms with Crippen LogP contribution in [0.1, 0.15) is 12.8 Å². The van der Waals surface area contributed by atoms with Crippen molar-refractivity contribution in [2.75, 3.05) is 13.1 Å². The van der Waals surface area contributed by atoms with Crippen molar-refractivity contribution >= 4 is 5.91 Å². The van der Waals surface area contributed by atoms with E-state index < -0.39 is 30.8 Å². The molecule has 0 bridgehead atoms. The Balaban J connectivity index is 2.27. The molecule has 1 fully saturated rings. The van der Waals surface area contributed by atoms with Gasteiger partial charge in [-0.15, -0.1) is 0 Å². The van der Waals surface area contributed by atoms with Crippen molar-refractivity contribution < 1.29 is 23.1 Å². The normalized spacial score (nSPS) is 23.9. The minimum absolute atomic E-state index is 0.426. The van der Waals surface area contributed by atoms with Crippen LogP contribution in [0.4, 0.5) is 13.2 Å². The smallest absolute Gasteiger partial charge is 0.382 e. The van der Waals surface area contributed by atoms with E-state index in [-0.39, 0.29) is 0 Å². The largest absolute Gasteiger partial charge is 0.416 e. The van der Waals surface area contributed by atoms with Crippen LogP contribution in [0.5, 0.6) is 0 Å². The Morgan fingerprint density at radius 1 is 1.60 bits per heavy atom. The number of alkyl halides is 3. The molecule has 88 valence electrons. The molecule has 0 spiro atoms. The van der Waals surface area contributed by atoms with Crippen LogP contribution in [0.2, 0.25) is 0 Å². The zero-order chi connectivity index (χ0) is 11.5. The van der Waals surface area contributed by atoms with Crippen molar-refractivity contribution in [1.82, 2.24) is 10.6 Å². The van der Waals surface area contributed by atoms with E-state index in [1.54, 1.807) is 0 Å². The van der Waals surface area contributed by atoms with Crippen LogP contribution in [-0.2, 0) is 4.79 Å². The summed E-state index contributed by atoms with van der Waals surface area (Å²) in [6.07, 6.45) is -5.73. The van der Waals surface area contributed by atoms with Gasteiger partial charge in [-0.1, -0.05) is 0 Å². The first-order valence-corrected chi connectivity index (χ1v) is 4.67. The topological polar surface area (TPSA) is 61.4 Å². The van der Waals surface area contributed by atoms with Crippen LogP contribution in [0, 0.1) is 0 Å². The average molecular weight is 226 g/mol. The molecular formula is C8H13F3N2O2. The Hall–Kier alpha value is -0.820. The van der Waals surface area contributed by atoms with Gasteiger partial charge in [0.05, 0.1) is 12.6 Å². The maximum Gasteiger partial charge on any atom is 0.416 e. The minimum atomic E-state index is -4.68. The highest BCUT2D eigenvalue weighted by Crippen LogP contribution is 2.19. The molecular weight excluding hydrogens is 213 g/mol. The quantitative estimate of drug-likeness (QED) is 0.623. The fourth-order valence-corrected chi connectivity index (χ4v) is 1.34. The zero-order valence-corrected chi connectivity index (χ0v) is 7.97. The molecule has 4 nitrogen and oxygen atoms in total. The van der Waals surface area contributed by atoms with E-state index >= 15 is 0 Å². The first-order chi connectivity index (χ1) is 6.91. The third-order valence-electron chi connectivity index (χ3n) is 2.22. The molecule has 0 aliphatic carbocycles. The summed E-state index contributed by atoms with van der Waals surface area (Å²) in [5, 5.41) is 13.5. The van der Waals surface area contributed by atoms with Gasteiger partial charge in [0.1, 0.15) is 0 Å². The van der Waals surface area contributed by atoms with Gasteiger partial charge >= 0.3 is 6.18 Å². The van der Waals surface area contributed by atoms with Crippen molar-refractivity contribution in [2.45, 2.75) is 31.2 Å². The van der Waals surface area contributed by atoms with E-state index in [0.717, 1.165) is 6.42 Å². The van der Waals surface area contributed by atoms with Crippen molar-refractivity contribution in [1.29, 1.82) is 0 Å². The summed E-state index contributed by atoms with van der Waals surface area (Å²) in [5.74, 6) is -0.490. The van der Waals surface area contributed by atoms with Crippen LogP contribution >= 0.6 is 0 Å². The standard InChI is InChI=1S/C8H13F3N2O2/c9-8(10,11)6(14)4-13-7(15)5-2-1-3-12-5/h5-6,12,14H,1-4H2,(H,13,15). The summed E-state index contributed by atoms with van der Waals surface area (Å²) in [4.78, 5) is 11.2. The van der Waals surface area contributed by atoms with E-state index in [1.807, 2.05) is 0 Å². The molecule has 0 saturated carbocycles. The molecule has 1 aliphatic rings. The number of aliphatic hydroxyl groups is 1. The summed E-state index contributed by atoms with van der Waals surface area (Å²) in [5.41, 5.74) is 0. The molecule has 1 aliphatic heterocycles. The lowest BCUT2D eigenvalue weighted by molar-refractivity contribution is -0.201. The Morgan fingerprint density at radius 2 is 2.27 bits per heavy atom. The molecule has 1 amide bonds. The molecule has 2 unspecified atom stereocenters. The van der Waals surface area contributed by atoms with Crippen molar-refractivity contribution in [3.05, 3.63) is 0 Å². The molecule has 1 rings (SSSR count). The number of hydrogen-bond donors (Lipinski definition) is 3. The number of carbonyl (C=O) groups excluding carboxylic acids is 1. The highest BCUT2D eigenvalue weighted by Gasteiger charge is 2.38. The monoisotopic (exact) mass is 226 g/mol. The summed E-state index contributed by atoms with van der Waals surface area (Å²) in [6, 6.07) is -0.426. The Bertz CT molecular complexity index is 226. The molecule has 1 heterocycles.